The number of nitrogens with zero attached hydrogens (tertiary/aromatic N) is 2. The Balaban J connectivity index is 1.45. The number of aryl methyl sites for hydroxylation is 1. The fraction of sp³-hybridized carbons (Fsp3) is 0.120. The maximum Gasteiger partial charge on any atom is 0.255 e. The molecule has 0 spiro atoms. The molecular weight excluding hydrogens is 374 g/mol. The number of hydrogen-bond donors (Lipinski definition) is 1. The van der Waals surface area contributed by atoms with Gasteiger partial charge in [-0.3, -0.25) is 4.79 Å². The Morgan fingerprint density at radius 1 is 0.900 bits per heavy atom. The van der Waals surface area contributed by atoms with Gasteiger partial charge in [-0.25, -0.2) is 4.68 Å². The van der Waals surface area contributed by atoms with Crippen molar-refractivity contribution in [2.45, 2.75) is 20.5 Å². The number of rotatable bonds is 6. The largest absolute Gasteiger partial charge is 0.489 e. The van der Waals surface area contributed by atoms with Crippen LogP contribution in [0.25, 0.3) is 5.69 Å². The Morgan fingerprint density at radius 2 is 1.53 bits per heavy atom. The van der Waals surface area contributed by atoms with Crippen LogP contribution in [-0.2, 0) is 6.61 Å². The van der Waals surface area contributed by atoms with E-state index in [9.17, 15) is 4.79 Å². The third-order valence-electron chi connectivity index (χ3n) is 4.90. The summed E-state index contributed by atoms with van der Waals surface area (Å²) in [6.45, 7) is 4.30. The number of amides is 1. The third kappa shape index (κ3) is 4.25. The average Bonchev–Trinajstić information content (AvgIpc) is 3.07. The van der Waals surface area contributed by atoms with Crippen molar-refractivity contribution in [2.75, 3.05) is 5.32 Å². The molecule has 5 nitrogen and oxygen atoms in total. The Labute approximate surface area is 175 Å². The summed E-state index contributed by atoms with van der Waals surface area (Å²) < 4.78 is 7.59. The number of aromatic nitrogens is 2. The lowest BCUT2D eigenvalue weighted by Crippen LogP contribution is -2.13. The fourth-order valence-electron chi connectivity index (χ4n) is 3.27. The topological polar surface area (TPSA) is 56.2 Å². The van der Waals surface area contributed by atoms with Gasteiger partial charge in [0.05, 0.1) is 22.8 Å². The molecule has 4 rings (SSSR count). The average molecular weight is 397 g/mol. The molecule has 0 unspecified atom stereocenters. The summed E-state index contributed by atoms with van der Waals surface area (Å²) in [5.41, 5.74) is 4.95. The van der Waals surface area contributed by atoms with E-state index in [1.165, 1.54) is 0 Å². The van der Waals surface area contributed by atoms with Crippen LogP contribution < -0.4 is 10.1 Å². The number of carbonyl (C=O) groups excluding carboxylic acids is 1. The first-order chi connectivity index (χ1) is 14.6. The molecule has 3 aromatic carbocycles. The van der Waals surface area contributed by atoms with Gasteiger partial charge >= 0.3 is 0 Å². The first-order valence-corrected chi connectivity index (χ1v) is 9.81. The molecule has 0 atom stereocenters. The highest BCUT2D eigenvalue weighted by Crippen LogP contribution is 2.23. The van der Waals surface area contributed by atoms with E-state index in [1.54, 1.807) is 0 Å². The van der Waals surface area contributed by atoms with E-state index >= 15 is 0 Å². The summed E-state index contributed by atoms with van der Waals surface area (Å²) in [6, 6.07) is 27.0. The van der Waals surface area contributed by atoms with Gasteiger partial charge in [0.1, 0.15) is 12.4 Å². The maximum atomic E-state index is 12.8. The number of benzene rings is 3. The lowest BCUT2D eigenvalue weighted by atomic mass is 10.1. The van der Waals surface area contributed by atoms with Gasteiger partial charge < -0.3 is 10.1 Å². The van der Waals surface area contributed by atoms with E-state index < -0.39 is 0 Å². The Bertz CT molecular complexity index is 1130. The van der Waals surface area contributed by atoms with E-state index in [0.29, 0.717) is 12.2 Å². The zero-order valence-electron chi connectivity index (χ0n) is 17.0. The Kier molecular flexibility index (Phi) is 5.61. The molecule has 1 heterocycles. The number of anilines is 1. The molecule has 1 amide bonds. The minimum atomic E-state index is -0.163. The molecule has 4 aromatic rings. The zero-order valence-corrected chi connectivity index (χ0v) is 17.0. The molecule has 0 aliphatic heterocycles. The third-order valence-corrected chi connectivity index (χ3v) is 4.90. The van der Waals surface area contributed by atoms with Gasteiger partial charge in [-0.05, 0) is 55.8 Å². The second-order valence-electron chi connectivity index (χ2n) is 7.05. The monoisotopic (exact) mass is 397 g/mol. The van der Waals surface area contributed by atoms with Crippen LogP contribution in [-0.4, -0.2) is 15.7 Å². The molecular formula is C25H23N3O2. The van der Waals surface area contributed by atoms with Crippen LogP contribution in [0, 0.1) is 13.8 Å². The number of ether oxygens (including phenoxy) is 1. The lowest BCUT2D eigenvalue weighted by Gasteiger charge is -2.09. The van der Waals surface area contributed by atoms with Crippen molar-refractivity contribution in [1.29, 1.82) is 0 Å². The van der Waals surface area contributed by atoms with Crippen LogP contribution in [0.4, 0.5) is 5.69 Å². The van der Waals surface area contributed by atoms with Crippen LogP contribution in [0.1, 0.15) is 27.3 Å². The lowest BCUT2D eigenvalue weighted by molar-refractivity contribution is 0.102. The molecule has 0 saturated heterocycles. The van der Waals surface area contributed by atoms with Crippen molar-refractivity contribution in [2.24, 2.45) is 0 Å². The summed E-state index contributed by atoms with van der Waals surface area (Å²) in [6.07, 6.45) is 0. The van der Waals surface area contributed by atoms with Gasteiger partial charge in [0.15, 0.2) is 0 Å². The van der Waals surface area contributed by atoms with Crippen molar-refractivity contribution >= 4 is 11.6 Å². The normalized spacial score (nSPS) is 10.6. The highest BCUT2D eigenvalue weighted by Gasteiger charge is 2.16. The van der Waals surface area contributed by atoms with Crippen molar-refractivity contribution in [3.8, 4) is 11.4 Å². The molecule has 1 N–H and O–H groups in total. The minimum absolute atomic E-state index is 0.163. The molecule has 0 bridgehead atoms. The number of para-hydroxylation sites is 2. The molecule has 0 aliphatic rings. The predicted molar refractivity (Wildman–Crippen MR) is 118 cm³/mol. The minimum Gasteiger partial charge on any atom is -0.489 e. The first-order valence-electron chi connectivity index (χ1n) is 9.81. The van der Waals surface area contributed by atoms with E-state index in [4.69, 9.17) is 4.74 Å². The summed E-state index contributed by atoms with van der Waals surface area (Å²) in [7, 11) is 0. The molecule has 0 aliphatic carbocycles. The molecule has 0 radical (unpaired) electrons. The molecule has 0 saturated carbocycles. The fourth-order valence-corrected chi connectivity index (χ4v) is 3.27. The molecule has 1 aromatic heterocycles. The zero-order chi connectivity index (χ0) is 20.9. The first kappa shape index (κ1) is 19.5. The summed E-state index contributed by atoms with van der Waals surface area (Å²) >= 11 is 0. The van der Waals surface area contributed by atoms with Gasteiger partial charge in [-0.2, -0.15) is 5.10 Å². The summed E-state index contributed by atoms with van der Waals surface area (Å²) in [5.74, 6) is 0.657. The summed E-state index contributed by atoms with van der Waals surface area (Å²) in [4.78, 5) is 12.8. The second kappa shape index (κ2) is 8.66. The van der Waals surface area contributed by atoms with E-state index in [0.717, 1.165) is 34.1 Å². The smallest absolute Gasteiger partial charge is 0.255 e. The van der Waals surface area contributed by atoms with E-state index in [1.807, 2.05) is 103 Å². The Morgan fingerprint density at radius 3 is 2.20 bits per heavy atom. The molecule has 150 valence electrons. The van der Waals surface area contributed by atoms with Crippen molar-refractivity contribution in [3.63, 3.8) is 0 Å². The van der Waals surface area contributed by atoms with Gasteiger partial charge in [-0.1, -0.05) is 48.5 Å². The van der Waals surface area contributed by atoms with Crippen LogP contribution in [0.15, 0.2) is 84.9 Å². The number of nitrogens with one attached hydrogen (secondary N) is 1. The second-order valence-corrected chi connectivity index (χ2v) is 7.05. The highest BCUT2D eigenvalue weighted by atomic mass is 16.5. The maximum absolute atomic E-state index is 12.8. The quantitative estimate of drug-likeness (QED) is 0.479. The van der Waals surface area contributed by atoms with Gasteiger partial charge in [-0.15, -0.1) is 0 Å². The SMILES string of the molecule is Cc1nn(-c2ccccc2)c(C)c1NC(=O)c1ccc(COc2ccccc2)cc1. The van der Waals surface area contributed by atoms with Crippen LogP contribution in [0.3, 0.4) is 0 Å². The predicted octanol–water partition coefficient (Wildman–Crippen LogP) is 5.32. The van der Waals surface area contributed by atoms with Gasteiger partial charge in [0.2, 0.25) is 0 Å². The molecule has 0 fully saturated rings. The van der Waals surface area contributed by atoms with E-state index in [-0.39, 0.29) is 5.91 Å². The standard InChI is InChI=1S/C25H23N3O2/c1-18-24(19(2)28(27-18)22-9-5-3-6-10-22)26-25(29)21-15-13-20(14-16-21)17-30-23-11-7-4-8-12-23/h3-16H,17H2,1-2H3,(H,26,29). The van der Waals surface area contributed by atoms with Crippen LogP contribution >= 0.6 is 0 Å². The van der Waals surface area contributed by atoms with Gasteiger partial charge in [0.25, 0.3) is 5.91 Å². The van der Waals surface area contributed by atoms with Crippen molar-refractivity contribution in [1.82, 2.24) is 9.78 Å². The van der Waals surface area contributed by atoms with Crippen LogP contribution in [0.5, 0.6) is 5.75 Å². The van der Waals surface area contributed by atoms with Crippen molar-refractivity contribution in [3.05, 3.63) is 107 Å². The molecule has 30 heavy (non-hydrogen) atoms. The van der Waals surface area contributed by atoms with Gasteiger partial charge in [0, 0.05) is 5.56 Å². The number of hydrogen-bond acceptors (Lipinski definition) is 3. The number of carbonyl (C=O) groups is 1. The van der Waals surface area contributed by atoms with E-state index in [2.05, 4.69) is 10.4 Å². The van der Waals surface area contributed by atoms with Crippen LogP contribution in [0.2, 0.25) is 0 Å². The summed E-state index contributed by atoms with van der Waals surface area (Å²) in [5, 5.41) is 7.59. The highest BCUT2D eigenvalue weighted by molar-refractivity contribution is 6.04. The Hall–Kier alpha value is -3.86. The van der Waals surface area contributed by atoms with Crippen molar-refractivity contribution < 1.29 is 9.53 Å². The molecule has 5 heteroatoms.